The Hall–Kier alpha value is -2.01. The van der Waals surface area contributed by atoms with Crippen molar-refractivity contribution in [2.24, 2.45) is 0 Å². The third-order valence-electron chi connectivity index (χ3n) is 3.84. The lowest BCUT2D eigenvalue weighted by atomic mass is 10.1. The smallest absolute Gasteiger partial charge is 0.262 e. The monoisotopic (exact) mass is 302 g/mol. The van der Waals surface area contributed by atoms with E-state index in [2.05, 4.69) is 4.72 Å². The van der Waals surface area contributed by atoms with E-state index in [-0.39, 0.29) is 4.90 Å². The summed E-state index contributed by atoms with van der Waals surface area (Å²) in [6, 6.07) is 10.6. The van der Waals surface area contributed by atoms with Crippen molar-refractivity contribution < 1.29 is 8.42 Å². The highest BCUT2D eigenvalue weighted by Crippen LogP contribution is 2.27. The predicted molar refractivity (Wildman–Crippen MR) is 84.9 cm³/mol. The van der Waals surface area contributed by atoms with Gasteiger partial charge in [0.1, 0.15) is 0 Å². The van der Waals surface area contributed by atoms with Gasteiger partial charge in [-0.05, 0) is 73.2 Å². The minimum atomic E-state index is -3.58. The van der Waals surface area contributed by atoms with Gasteiger partial charge in [0.2, 0.25) is 0 Å². The molecule has 0 radical (unpaired) electrons. The number of rotatable bonds is 3. The lowest BCUT2D eigenvalue weighted by molar-refractivity contribution is 0.600. The van der Waals surface area contributed by atoms with E-state index in [1.165, 1.54) is 11.1 Å². The average Bonchev–Trinajstić information content (AvgIpc) is 2.85. The Morgan fingerprint density at radius 2 is 1.81 bits per heavy atom. The number of nitrogens with two attached hydrogens (primary N) is 1. The minimum absolute atomic E-state index is 0.261. The number of sulfonamides is 1. The number of benzene rings is 2. The minimum Gasteiger partial charge on any atom is -0.399 e. The molecule has 0 fully saturated rings. The third kappa shape index (κ3) is 2.74. The van der Waals surface area contributed by atoms with E-state index in [9.17, 15) is 8.42 Å². The maximum absolute atomic E-state index is 12.5. The van der Waals surface area contributed by atoms with Gasteiger partial charge in [-0.3, -0.25) is 4.72 Å². The van der Waals surface area contributed by atoms with Crippen LogP contribution in [0.3, 0.4) is 0 Å². The van der Waals surface area contributed by atoms with Crippen LogP contribution in [0.25, 0.3) is 0 Å². The first-order chi connectivity index (χ1) is 9.95. The van der Waals surface area contributed by atoms with Gasteiger partial charge in [-0.2, -0.15) is 0 Å². The molecule has 2 aromatic rings. The van der Waals surface area contributed by atoms with Crippen molar-refractivity contribution in [3.63, 3.8) is 0 Å². The van der Waals surface area contributed by atoms with Crippen molar-refractivity contribution in [3.8, 4) is 0 Å². The molecule has 2 aromatic carbocycles. The second-order valence-corrected chi connectivity index (χ2v) is 7.12. The fourth-order valence-electron chi connectivity index (χ4n) is 2.82. The molecule has 0 atom stereocenters. The van der Waals surface area contributed by atoms with Crippen LogP contribution in [0.1, 0.15) is 23.1 Å². The van der Waals surface area contributed by atoms with Crippen LogP contribution >= 0.6 is 0 Å². The molecule has 0 bridgehead atoms. The van der Waals surface area contributed by atoms with Crippen molar-refractivity contribution in [1.29, 1.82) is 0 Å². The van der Waals surface area contributed by atoms with Crippen LogP contribution in [0.4, 0.5) is 11.4 Å². The van der Waals surface area contributed by atoms with Gasteiger partial charge in [0, 0.05) is 11.4 Å². The number of fused-ring (bicyclic) bond motifs is 1. The van der Waals surface area contributed by atoms with E-state index in [1.807, 2.05) is 18.2 Å². The number of anilines is 2. The van der Waals surface area contributed by atoms with E-state index in [4.69, 9.17) is 5.73 Å². The molecule has 4 nitrogen and oxygen atoms in total. The van der Waals surface area contributed by atoms with Crippen molar-refractivity contribution in [1.82, 2.24) is 0 Å². The molecule has 0 amide bonds. The maximum atomic E-state index is 12.5. The first-order valence-corrected chi connectivity index (χ1v) is 8.45. The van der Waals surface area contributed by atoms with Crippen LogP contribution in [0.15, 0.2) is 41.3 Å². The molecular formula is C16H18N2O2S. The summed E-state index contributed by atoms with van der Waals surface area (Å²) >= 11 is 0. The SMILES string of the molecule is Cc1cc(N)ccc1S(=O)(=O)Nc1ccc2c(c1)CCC2. The summed E-state index contributed by atoms with van der Waals surface area (Å²) in [6.07, 6.45) is 3.24. The molecule has 0 spiro atoms. The number of aryl methyl sites for hydroxylation is 3. The van der Waals surface area contributed by atoms with E-state index in [0.29, 0.717) is 16.9 Å². The van der Waals surface area contributed by atoms with Crippen LogP contribution in [-0.4, -0.2) is 8.42 Å². The van der Waals surface area contributed by atoms with Crippen molar-refractivity contribution in [3.05, 3.63) is 53.1 Å². The van der Waals surface area contributed by atoms with E-state index in [0.717, 1.165) is 19.3 Å². The highest BCUT2D eigenvalue weighted by molar-refractivity contribution is 7.92. The topological polar surface area (TPSA) is 72.2 Å². The molecule has 5 heteroatoms. The summed E-state index contributed by atoms with van der Waals surface area (Å²) in [7, 11) is -3.58. The van der Waals surface area contributed by atoms with Crippen LogP contribution in [-0.2, 0) is 22.9 Å². The first kappa shape index (κ1) is 13.9. The Bertz CT molecular complexity index is 798. The maximum Gasteiger partial charge on any atom is 0.262 e. The van der Waals surface area contributed by atoms with Crippen LogP contribution < -0.4 is 10.5 Å². The van der Waals surface area contributed by atoms with Gasteiger partial charge in [0.05, 0.1) is 4.90 Å². The summed E-state index contributed by atoms with van der Waals surface area (Å²) in [5.74, 6) is 0. The van der Waals surface area contributed by atoms with Gasteiger partial charge < -0.3 is 5.73 Å². The molecule has 0 saturated carbocycles. The van der Waals surface area contributed by atoms with Crippen molar-refractivity contribution in [2.45, 2.75) is 31.1 Å². The Kier molecular flexibility index (Phi) is 3.37. The fraction of sp³-hybridized carbons (Fsp3) is 0.250. The van der Waals surface area contributed by atoms with Gasteiger partial charge >= 0.3 is 0 Å². The summed E-state index contributed by atoms with van der Waals surface area (Å²) in [6.45, 7) is 1.74. The van der Waals surface area contributed by atoms with Gasteiger partial charge in [-0.15, -0.1) is 0 Å². The van der Waals surface area contributed by atoms with Crippen LogP contribution in [0.2, 0.25) is 0 Å². The zero-order valence-electron chi connectivity index (χ0n) is 11.9. The molecule has 0 saturated heterocycles. The van der Waals surface area contributed by atoms with Crippen molar-refractivity contribution in [2.75, 3.05) is 10.5 Å². The summed E-state index contributed by atoms with van der Waals surface area (Å²) < 4.78 is 27.6. The Morgan fingerprint density at radius 1 is 1.05 bits per heavy atom. The van der Waals surface area contributed by atoms with Crippen LogP contribution in [0.5, 0.6) is 0 Å². The molecule has 1 aliphatic rings. The quantitative estimate of drug-likeness (QED) is 0.856. The highest BCUT2D eigenvalue weighted by Gasteiger charge is 2.18. The zero-order chi connectivity index (χ0) is 15.0. The lowest BCUT2D eigenvalue weighted by Crippen LogP contribution is -2.14. The number of nitrogens with one attached hydrogen (secondary N) is 1. The number of nitrogen functional groups attached to an aromatic ring is 1. The van der Waals surface area contributed by atoms with E-state index in [1.54, 1.807) is 25.1 Å². The highest BCUT2D eigenvalue weighted by atomic mass is 32.2. The molecule has 0 aromatic heterocycles. The second-order valence-electron chi connectivity index (χ2n) is 5.47. The second kappa shape index (κ2) is 5.07. The van der Waals surface area contributed by atoms with Gasteiger partial charge in [-0.1, -0.05) is 6.07 Å². The fourth-order valence-corrected chi connectivity index (χ4v) is 4.10. The molecule has 1 aliphatic carbocycles. The molecule has 110 valence electrons. The number of hydrogen-bond donors (Lipinski definition) is 2. The van der Waals surface area contributed by atoms with E-state index >= 15 is 0 Å². The predicted octanol–water partition coefficient (Wildman–Crippen LogP) is 2.87. The van der Waals surface area contributed by atoms with Gasteiger partial charge in [0.25, 0.3) is 10.0 Å². The third-order valence-corrected chi connectivity index (χ3v) is 5.38. The lowest BCUT2D eigenvalue weighted by Gasteiger charge is -2.12. The van der Waals surface area contributed by atoms with Crippen molar-refractivity contribution >= 4 is 21.4 Å². The summed E-state index contributed by atoms with van der Waals surface area (Å²) in [5, 5.41) is 0. The molecule has 0 unspecified atom stereocenters. The largest absolute Gasteiger partial charge is 0.399 e. The number of hydrogen-bond acceptors (Lipinski definition) is 3. The normalized spacial score (nSPS) is 14.0. The summed E-state index contributed by atoms with van der Waals surface area (Å²) in [4.78, 5) is 0.261. The summed E-state index contributed by atoms with van der Waals surface area (Å²) in [5.41, 5.74) is 10.0. The Balaban J connectivity index is 1.92. The Morgan fingerprint density at radius 3 is 2.57 bits per heavy atom. The standard InChI is InChI=1S/C16H18N2O2S/c1-11-9-14(17)6-8-16(11)21(19,20)18-15-7-5-12-3-2-4-13(12)10-15/h5-10,18H,2-4,17H2,1H3. The average molecular weight is 302 g/mol. The van der Waals surface area contributed by atoms with Gasteiger partial charge in [-0.25, -0.2) is 8.42 Å². The molecular weight excluding hydrogens is 284 g/mol. The molecule has 3 rings (SSSR count). The first-order valence-electron chi connectivity index (χ1n) is 6.96. The zero-order valence-corrected chi connectivity index (χ0v) is 12.7. The molecule has 0 heterocycles. The molecule has 3 N–H and O–H groups in total. The molecule has 21 heavy (non-hydrogen) atoms. The molecule has 0 aliphatic heterocycles. The van der Waals surface area contributed by atoms with Gasteiger partial charge in [0.15, 0.2) is 0 Å². The van der Waals surface area contributed by atoms with Crippen LogP contribution in [0, 0.1) is 6.92 Å². The van der Waals surface area contributed by atoms with E-state index < -0.39 is 10.0 Å². The Labute approximate surface area is 125 Å².